The molecule has 0 heterocycles. The summed E-state index contributed by atoms with van der Waals surface area (Å²) in [6.07, 6.45) is -1.20. The molecule has 0 saturated heterocycles. The zero-order chi connectivity index (χ0) is 11.0. The van der Waals surface area contributed by atoms with Crippen LogP contribution in [-0.4, -0.2) is 40.0 Å². The highest BCUT2D eigenvalue weighted by Crippen LogP contribution is 2.05. The van der Waals surface area contributed by atoms with Gasteiger partial charge in [0, 0.05) is 19.8 Å². The molecule has 2 N–H and O–H groups in total. The molecule has 0 aliphatic heterocycles. The number of amides is 1. The monoisotopic (exact) mass is 223 g/mol. The summed E-state index contributed by atoms with van der Waals surface area (Å²) in [5.41, 5.74) is 0. The molecule has 0 aliphatic rings. The van der Waals surface area contributed by atoms with Gasteiger partial charge in [-0.2, -0.15) is 0 Å². The number of carbonyl (C=O) groups is 1. The molecule has 0 aromatic rings. The van der Waals surface area contributed by atoms with Crippen LogP contribution in [0.5, 0.6) is 0 Å². The fourth-order valence-corrected chi connectivity index (χ4v) is 2.80. The Hall–Kier alpha value is -0.633. The average molecular weight is 223 g/mol. The second kappa shape index (κ2) is 6.77. The Morgan fingerprint density at radius 3 is 1.71 bits per heavy atom. The molecule has 0 spiro atoms. The molecule has 14 heavy (non-hydrogen) atoms. The minimum absolute atomic E-state index is 0.340. The second-order valence-electron chi connectivity index (χ2n) is 2.29. The first kappa shape index (κ1) is 13.4. The van der Waals surface area contributed by atoms with Crippen LogP contribution in [0.3, 0.4) is 0 Å². The maximum atomic E-state index is 10.5. The molecule has 6 nitrogen and oxygen atoms in total. The van der Waals surface area contributed by atoms with E-state index >= 15 is 0 Å². The van der Waals surface area contributed by atoms with Crippen molar-refractivity contribution in [3.63, 3.8) is 0 Å². The van der Waals surface area contributed by atoms with Crippen LogP contribution >= 0.6 is 0 Å². The van der Waals surface area contributed by atoms with Gasteiger partial charge in [-0.1, -0.05) is 0 Å². The van der Waals surface area contributed by atoms with E-state index in [1.807, 2.05) is 0 Å². The molecule has 0 aromatic carbocycles. The molecule has 0 aromatic heterocycles. The molecular weight excluding hydrogens is 206 g/mol. The minimum Gasteiger partial charge on any atom is -0.465 e. The number of rotatable bonds is 7. The summed E-state index contributed by atoms with van der Waals surface area (Å²) in [5, 5.41) is 8.61. The maximum absolute atomic E-state index is 10.5. The predicted octanol–water partition coefficient (Wildman–Crippen LogP) is 0.799. The van der Waals surface area contributed by atoms with E-state index in [0.717, 1.165) is 0 Å². The molecule has 7 heteroatoms. The van der Waals surface area contributed by atoms with Crippen LogP contribution in [0.2, 0.25) is 0 Å². The Morgan fingerprint density at radius 1 is 1.14 bits per heavy atom. The first-order valence-corrected chi connectivity index (χ1v) is 6.25. The summed E-state index contributed by atoms with van der Waals surface area (Å²) >= 11 is 0. The van der Waals surface area contributed by atoms with Crippen LogP contribution in [-0.2, 0) is 13.3 Å². The molecule has 0 rings (SSSR count). The van der Waals surface area contributed by atoms with Crippen LogP contribution in [0.25, 0.3) is 0 Å². The third-order valence-corrected chi connectivity index (χ3v) is 3.79. The molecule has 1 amide bonds. The first-order valence-electron chi connectivity index (χ1n) is 4.53. The van der Waals surface area contributed by atoms with Gasteiger partial charge in [0.1, 0.15) is 0 Å². The molecule has 0 atom stereocenters. The Bertz CT molecular complexity index is 160. The van der Waals surface area contributed by atoms with Gasteiger partial charge in [0.25, 0.3) is 0 Å². The smallest absolute Gasteiger partial charge is 0.465 e. The number of carboxylic acid groups (broad SMARTS) is 1. The van der Waals surface area contributed by atoms with E-state index in [2.05, 4.69) is 4.98 Å². The summed E-state index contributed by atoms with van der Waals surface area (Å²) in [6, 6.07) is 0. The Balaban J connectivity index is 4.45. The van der Waals surface area contributed by atoms with Crippen molar-refractivity contribution in [1.29, 1.82) is 0 Å². The fourth-order valence-electron chi connectivity index (χ4n) is 0.934. The van der Waals surface area contributed by atoms with Gasteiger partial charge in [0.05, 0.1) is 0 Å². The molecule has 0 saturated carbocycles. The van der Waals surface area contributed by atoms with Crippen LogP contribution in [0, 0.1) is 0 Å². The van der Waals surface area contributed by atoms with Crippen molar-refractivity contribution in [3.8, 4) is 0 Å². The van der Waals surface area contributed by atoms with E-state index in [-0.39, 0.29) is 0 Å². The van der Waals surface area contributed by atoms with Crippen molar-refractivity contribution in [3.05, 3.63) is 0 Å². The number of hydrogen-bond acceptors (Lipinski definition) is 4. The summed E-state index contributed by atoms with van der Waals surface area (Å²) in [6.45, 7) is 6.28. The molecule has 84 valence electrons. The standard InChI is InChI=1S/C7H17NO5Si/c1-4-11-14(12-5-2,13-6-3)8-7(9)10/h8H,4-6H2,1-3H3,(H,9,10). The average Bonchev–Trinajstić information content (AvgIpc) is 2.03. The quantitative estimate of drug-likeness (QED) is 0.624. The zero-order valence-electron chi connectivity index (χ0n) is 8.70. The largest absolute Gasteiger partial charge is 0.636 e. The van der Waals surface area contributed by atoms with Crippen molar-refractivity contribution >= 4 is 15.1 Å². The van der Waals surface area contributed by atoms with Gasteiger partial charge in [0.2, 0.25) is 0 Å². The summed E-state index contributed by atoms with van der Waals surface area (Å²) in [4.78, 5) is 12.7. The lowest BCUT2D eigenvalue weighted by Crippen LogP contribution is -2.60. The number of nitrogens with one attached hydrogen (secondary N) is 1. The van der Waals surface area contributed by atoms with E-state index < -0.39 is 15.1 Å². The lowest BCUT2D eigenvalue weighted by molar-refractivity contribution is 0.0600. The van der Waals surface area contributed by atoms with Gasteiger partial charge < -0.3 is 18.4 Å². The molecular formula is C7H17NO5Si. The minimum atomic E-state index is -3.21. The van der Waals surface area contributed by atoms with Crippen molar-refractivity contribution in [2.45, 2.75) is 20.8 Å². The lowest BCUT2D eigenvalue weighted by atomic mass is 10.9. The van der Waals surface area contributed by atoms with Gasteiger partial charge in [-0.05, 0) is 20.8 Å². The first-order chi connectivity index (χ1) is 6.60. The SMILES string of the molecule is CCO[Si](NC(=O)O)(OCC)OCC. The zero-order valence-corrected chi connectivity index (χ0v) is 9.70. The maximum Gasteiger partial charge on any atom is 0.636 e. The summed E-state index contributed by atoms with van der Waals surface area (Å²) in [7, 11) is -3.21. The third-order valence-electron chi connectivity index (χ3n) is 1.26. The van der Waals surface area contributed by atoms with Gasteiger partial charge in [-0.3, -0.25) is 4.98 Å². The van der Waals surface area contributed by atoms with E-state index in [0.29, 0.717) is 19.8 Å². The van der Waals surface area contributed by atoms with E-state index in [9.17, 15) is 4.79 Å². The highest BCUT2D eigenvalue weighted by atomic mass is 28.4. The summed E-state index contributed by atoms with van der Waals surface area (Å²) < 4.78 is 15.7. The molecule has 0 aliphatic carbocycles. The van der Waals surface area contributed by atoms with E-state index in [1.165, 1.54) is 0 Å². The van der Waals surface area contributed by atoms with Gasteiger partial charge in [0.15, 0.2) is 0 Å². The van der Waals surface area contributed by atoms with Crippen molar-refractivity contribution < 1.29 is 23.2 Å². The number of hydrogen-bond donors (Lipinski definition) is 2. The summed E-state index contributed by atoms with van der Waals surface area (Å²) in [5.74, 6) is 0. The molecule has 0 bridgehead atoms. The molecule has 0 radical (unpaired) electrons. The predicted molar refractivity (Wildman–Crippen MR) is 51.8 cm³/mol. The van der Waals surface area contributed by atoms with E-state index in [1.54, 1.807) is 20.8 Å². The second-order valence-corrected chi connectivity index (χ2v) is 4.51. The van der Waals surface area contributed by atoms with Gasteiger partial charge in [-0.15, -0.1) is 0 Å². The fraction of sp³-hybridized carbons (Fsp3) is 0.857. The Kier molecular flexibility index (Phi) is 6.46. The van der Waals surface area contributed by atoms with Crippen molar-refractivity contribution in [2.24, 2.45) is 0 Å². The van der Waals surface area contributed by atoms with Gasteiger partial charge in [-0.25, -0.2) is 4.79 Å². The lowest BCUT2D eigenvalue weighted by Gasteiger charge is -2.26. The topological polar surface area (TPSA) is 77.0 Å². The van der Waals surface area contributed by atoms with Crippen LogP contribution in [0.4, 0.5) is 4.79 Å². The normalized spacial score (nSPS) is 11.4. The Labute approximate surface area is 84.6 Å². The molecule has 0 unspecified atom stereocenters. The van der Waals surface area contributed by atoms with Crippen LogP contribution in [0.15, 0.2) is 0 Å². The van der Waals surface area contributed by atoms with Crippen LogP contribution < -0.4 is 4.98 Å². The van der Waals surface area contributed by atoms with Crippen molar-refractivity contribution in [1.82, 2.24) is 4.98 Å². The van der Waals surface area contributed by atoms with Gasteiger partial charge >= 0.3 is 15.1 Å². The van der Waals surface area contributed by atoms with Crippen molar-refractivity contribution in [2.75, 3.05) is 19.8 Å². The highest BCUT2D eigenvalue weighted by Gasteiger charge is 2.44. The molecule has 0 fully saturated rings. The highest BCUT2D eigenvalue weighted by molar-refractivity contribution is 6.60. The van der Waals surface area contributed by atoms with E-state index in [4.69, 9.17) is 18.4 Å². The van der Waals surface area contributed by atoms with Crippen LogP contribution in [0.1, 0.15) is 20.8 Å². The third kappa shape index (κ3) is 4.56. The Morgan fingerprint density at radius 2 is 1.50 bits per heavy atom.